The summed E-state index contributed by atoms with van der Waals surface area (Å²) in [5.74, 6) is -0.115. The summed E-state index contributed by atoms with van der Waals surface area (Å²) >= 11 is 0. The number of nitrogens with zero attached hydrogens (tertiary/aromatic N) is 4. The maximum absolute atomic E-state index is 12.5. The third-order valence-corrected chi connectivity index (χ3v) is 4.36. The minimum atomic E-state index is -0.174. The molecule has 24 heavy (non-hydrogen) atoms. The average Bonchev–Trinajstić information content (AvgIpc) is 3.09. The second-order valence-electron chi connectivity index (χ2n) is 6.07. The van der Waals surface area contributed by atoms with Gasteiger partial charge in [-0.3, -0.25) is 19.1 Å². The third kappa shape index (κ3) is 3.76. The molecular formula is C16H24N4O4. The van der Waals surface area contributed by atoms with Crippen molar-refractivity contribution in [3.63, 3.8) is 0 Å². The molecule has 3 heterocycles. The molecule has 8 nitrogen and oxygen atoms in total. The normalized spacial score (nSPS) is 20.8. The molecule has 1 unspecified atom stereocenters. The van der Waals surface area contributed by atoms with Crippen LogP contribution in [-0.4, -0.2) is 64.5 Å². The van der Waals surface area contributed by atoms with Gasteiger partial charge in [-0.15, -0.1) is 0 Å². The molecule has 0 N–H and O–H groups in total. The maximum Gasteiger partial charge on any atom is 0.248 e. The van der Waals surface area contributed by atoms with Gasteiger partial charge in [-0.25, -0.2) is 5.06 Å². The summed E-state index contributed by atoms with van der Waals surface area (Å²) < 4.78 is 7.07. The van der Waals surface area contributed by atoms with E-state index >= 15 is 0 Å². The Morgan fingerprint density at radius 3 is 3.00 bits per heavy atom. The van der Waals surface area contributed by atoms with Crippen LogP contribution in [0.15, 0.2) is 12.3 Å². The number of rotatable bonds is 5. The number of hydroxylamine groups is 2. The molecule has 1 aromatic heterocycles. The van der Waals surface area contributed by atoms with Crippen molar-refractivity contribution < 1.29 is 19.2 Å². The Bertz CT molecular complexity index is 582. The predicted octanol–water partition coefficient (Wildman–Crippen LogP) is 0.747. The van der Waals surface area contributed by atoms with Crippen molar-refractivity contribution in [1.29, 1.82) is 0 Å². The van der Waals surface area contributed by atoms with Crippen molar-refractivity contribution in [3.05, 3.63) is 18.0 Å². The van der Waals surface area contributed by atoms with E-state index in [1.165, 1.54) is 5.06 Å². The Kier molecular flexibility index (Phi) is 5.47. The van der Waals surface area contributed by atoms with Crippen LogP contribution in [-0.2, 0) is 25.7 Å². The highest BCUT2D eigenvalue weighted by atomic mass is 16.7. The highest BCUT2D eigenvalue weighted by Crippen LogP contribution is 2.24. The van der Waals surface area contributed by atoms with Crippen LogP contribution in [0, 0.1) is 0 Å². The van der Waals surface area contributed by atoms with Crippen LogP contribution in [0.1, 0.15) is 37.9 Å². The van der Waals surface area contributed by atoms with Gasteiger partial charge >= 0.3 is 0 Å². The predicted molar refractivity (Wildman–Crippen MR) is 84.7 cm³/mol. The van der Waals surface area contributed by atoms with Gasteiger partial charge in [0.25, 0.3) is 0 Å². The van der Waals surface area contributed by atoms with Crippen molar-refractivity contribution in [2.75, 3.05) is 32.9 Å². The molecule has 1 atom stereocenters. The van der Waals surface area contributed by atoms with Crippen LogP contribution in [0.3, 0.4) is 0 Å². The fourth-order valence-electron chi connectivity index (χ4n) is 3.11. The van der Waals surface area contributed by atoms with Gasteiger partial charge in [-0.05, 0) is 25.8 Å². The van der Waals surface area contributed by atoms with Gasteiger partial charge in [-0.1, -0.05) is 0 Å². The average molecular weight is 336 g/mol. The van der Waals surface area contributed by atoms with E-state index in [-0.39, 0.29) is 30.9 Å². The van der Waals surface area contributed by atoms with Crippen LogP contribution in [0.4, 0.5) is 0 Å². The Balaban J connectivity index is 1.67. The molecule has 0 bridgehead atoms. The maximum atomic E-state index is 12.5. The largest absolute Gasteiger partial charge is 0.372 e. The summed E-state index contributed by atoms with van der Waals surface area (Å²) in [6.45, 7) is 4.61. The van der Waals surface area contributed by atoms with Gasteiger partial charge in [0, 0.05) is 25.9 Å². The zero-order valence-electron chi connectivity index (χ0n) is 14.0. The van der Waals surface area contributed by atoms with Crippen molar-refractivity contribution in [2.45, 2.75) is 38.8 Å². The van der Waals surface area contributed by atoms with Crippen LogP contribution < -0.4 is 0 Å². The van der Waals surface area contributed by atoms with E-state index < -0.39 is 0 Å². The Labute approximate surface area is 141 Å². The number of hydrogen-bond donors (Lipinski definition) is 0. The number of carbonyl (C=O) groups excluding carboxylic acids is 2. The number of fused-ring (bicyclic) bond motifs is 1. The van der Waals surface area contributed by atoms with Crippen molar-refractivity contribution in [1.82, 2.24) is 19.7 Å². The molecule has 132 valence electrons. The standard InChI is InChI=1S/C16H24N4O4/c1-2-23-12-16(22)18-10-13-5-6-17-20(13)14(11-18)9-15(21)19-7-3-4-8-24-19/h5-6,14H,2-4,7-12H2,1H3. The van der Waals surface area contributed by atoms with Gasteiger partial charge in [0.1, 0.15) is 6.61 Å². The highest BCUT2D eigenvalue weighted by molar-refractivity contribution is 5.78. The van der Waals surface area contributed by atoms with Crippen LogP contribution in [0.5, 0.6) is 0 Å². The molecule has 2 aliphatic rings. The lowest BCUT2D eigenvalue weighted by Gasteiger charge is -2.35. The molecule has 1 aromatic rings. The Hall–Kier alpha value is -1.93. The van der Waals surface area contributed by atoms with Crippen LogP contribution in [0.25, 0.3) is 0 Å². The minimum absolute atomic E-state index is 0.0553. The van der Waals surface area contributed by atoms with E-state index in [9.17, 15) is 9.59 Å². The first-order chi connectivity index (χ1) is 11.7. The zero-order valence-corrected chi connectivity index (χ0v) is 14.0. The number of amides is 2. The quantitative estimate of drug-likeness (QED) is 0.793. The van der Waals surface area contributed by atoms with Gasteiger partial charge < -0.3 is 9.64 Å². The van der Waals surface area contributed by atoms with Gasteiger partial charge in [0.05, 0.1) is 31.3 Å². The summed E-state index contributed by atoms with van der Waals surface area (Å²) in [5.41, 5.74) is 0.934. The molecule has 8 heteroatoms. The summed E-state index contributed by atoms with van der Waals surface area (Å²) in [6.07, 6.45) is 3.92. The van der Waals surface area contributed by atoms with E-state index in [4.69, 9.17) is 9.57 Å². The molecule has 1 saturated heterocycles. The first-order valence-corrected chi connectivity index (χ1v) is 8.50. The van der Waals surface area contributed by atoms with Crippen LogP contribution in [0.2, 0.25) is 0 Å². The second-order valence-corrected chi connectivity index (χ2v) is 6.07. The molecule has 2 aliphatic heterocycles. The topological polar surface area (TPSA) is 76.9 Å². The Morgan fingerprint density at radius 1 is 1.38 bits per heavy atom. The van der Waals surface area contributed by atoms with Gasteiger partial charge in [0.15, 0.2) is 0 Å². The lowest BCUT2D eigenvalue weighted by molar-refractivity contribution is -0.198. The van der Waals surface area contributed by atoms with E-state index in [1.54, 1.807) is 11.1 Å². The first-order valence-electron chi connectivity index (χ1n) is 8.50. The molecular weight excluding hydrogens is 312 g/mol. The van der Waals surface area contributed by atoms with Gasteiger partial charge in [-0.2, -0.15) is 5.10 Å². The smallest absolute Gasteiger partial charge is 0.248 e. The molecule has 0 aliphatic carbocycles. The molecule has 3 rings (SSSR count). The van der Waals surface area contributed by atoms with Crippen molar-refractivity contribution in [3.8, 4) is 0 Å². The fraction of sp³-hybridized carbons (Fsp3) is 0.688. The molecule has 0 radical (unpaired) electrons. The number of hydrogen-bond acceptors (Lipinski definition) is 5. The van der Waals surface area contributed by atoms with Crippen molar-refractivity contribution >= 4 is 11.8 Å². The van der Waals surface area contributed by atoms with E-state index in [0.717, 1.165) is 18.5 Å². The Morgan fingerprint density at radius 2 is 2.25 bits per heavy atom. The van der Waals surface area contributed by atoms with E-state index in [1.807, 2.05) is 17.7 Å². The highest BCUT2D eigenvalue weighted by Gasteiger charge is 2.31. The van der Waals surface area contributed by atoms with Gasteiger partial charge in [0.2, 0.25) is 11.8 Å². The lowest BCUT2D eigenvalue weighted by Crippen LogP contribution is -2.45. The molecule has 0 aromatic carbocycles. The molecule has 0 saturated carbocycles. The monoisotopic (exact) mass is 336 g/mol. The minimum Gasteiger partial charge on any atom is -0.372 e. The molecule has 1 fully saturated rings. The number of carbonyl (C=O) groups is 2. The summed E-state index contributed by atoms with van der Waals surface area (Å²) in [5, 5.41) is 5.78. The van der Waals surface area contributed by atoms with Crippen LogP contribution >= 0.6 is 0 Å². The third-order valence-electron chi connectivity index (χ3n) is 4.36. The summed E-state index contributed by atoms with van der Waals surface area (Å²) in [6, 6.07) is 1.71. The SMILES string of the molecule is CCOCC(=O)N1Cc2ccnn2C(CC(=O)N2CCCCO2)C1. The summed E-state index contributed by atoms with van der Waals surface area (Å²) in [4.78, 5) is 31.9. The van der Waals surface area contributed by atoms with E-state index in [0.29, 0.717) is 32.8 Å². The number of aromatic nitrogens is 2. The van der Waals surface area contributed by atoms with E-state index in [2.05, 4.69) is 5.10 Å². The van der Waals surface area contributed by atoms with Crippen molar-refractivity contribution in [2.24, 2.45) is 0 Å². The molecule has 0 spiro atoms. The summed E-state index contributed by atoms with van der Waals surface area (Å²) in [7, 11) is 0. The lowest BCUT2D eigenvalue weighted by atomic mass is 10.1. The number of ether oxygens (including phenoxy) is 1. The fourth-order valence-corrected chi connectivity index (χ4v) is 3.11. The second kappa shape index (κ2) is 7.76. The molecule has 2 amide bonds. The first kappa shape index (κ1) is 16.9. The zero-order chi connectivity index (χ0) is 16.9.